The van der Waals surface area contributed by atoms with E-state index in [1.807, 2.05) is 0 Å². The molecule has 2 atom stereocenters. The van der Waals surface area contributed by atoms with Gasteiger partial charge >= 0.3 is 5.97 Å². The minimum Gasteiger partial charge on any atom is -0.479 e. The van der Waals surface area contributed by atoms with Crippen LogP contribution in [0.1, 0.15) is 18.0 Å². The van der Waals surface area contributed by atoms with Gasteiger partial charge in [-0.1, -0.05) is 12.1 Å². The predicted octanol–water partition coefficient (Wildman–Crippen LogP) is 0.285. The third-order valence-corrected chi connectivity index (χ3v) is 3.29. The Morgan fingerprint density at radius 1 is 1.35 bits per heavy atom. The SMILES string of the molecule is NC(=O)C1CC(=O)N(C(C(=O)O)c2ccc(F)cc2)C1. The second kappa shape index (κ2) is 5.28. The highest BCUT2D eigenvalue weighted by atomic mass is 19.1. The fourth-order valence-electron chi connectivity index (χ4n) is 2.27. The first-order chi connectivity index (χ1) is 9.40. The highest BCUT2D eigenvalue weighted by Crippen LogP contribution is 2.29. The summed E-state index contributed by atoms with van der Waals surface area (Å²) in [5.41, 5.74) is 5.42. The summed E-state index contributed by atoms with van der Waals surface area (Å²) in [5.74, 6) is -3.52. The topological polar surface area (TPSA) is 101 Å². The van der Waals surface area contributed by atoms with Crippen LogP contribution in [-0.2, 0) is 14.4 Å². The molecule has 1 aromatic carbocycles. The van der Waals surface area contributed by atoms with E-state index >= 15 is 0 Å². The van der Waals surface area contributed by atoms with Crippen molar-refractivity contribution in [2.45, 2.75) is 12.5 Å². The second-order valence-corrected chi connectivity index (χ2v) is 4.64. The summed E-state index contributed by atoms with van der Waals surface area (Å²) in [5, 5.41) is 9.30. The Labute approximate surface area is 114 Å². The molecular formula is C13H13FN2O4. The summed E-state index contributed by atoms with van der Waals surface area (Å²) in [6.45, 7) is -0.0392. The van der Waals surface area contributed by atoms with Gasteiger partial charge in [0, 0.05) is 13.0 Å². The zero-order valence-corrected chi connectivity index (χ0v) is 10.5. The van der Waals surface area contributed by atoms with Crippen molar-refractivity contribution < 1.29 is 23.9 Å². The first-order valence-corrected chi connectivity index (χ1v) is 5.97. The lowest BCUT2D eigenvalue weighted by molar-refractivity contribution is -0.148. The number of carboxylic acids is 1. The van der Waals surface area contributed by atoms with Crippen LogP contribution in [0.15, 0.2) is 24.3 Å². The molecule has 0 saturated carbocycles. The quantitative estimate of drug-likeness (QED) is 0.827. The van der Waals surface area contributed by atoms with Crippen LogP contribution in [0.4, 0.5) is 4.39 Å². The van der Waals surface area contributed by atoms with Crippen molar-refractivity contribution >= 4 is 17.8 Å². The maximum absolute atomic E-state index is 12.9. The Morgan fingerprint density at radius 2 is 1.95 bits per heavy atom. The smallest absolute Gasteiger partial charge is 0.331 e. The molecule has 2 amide bonds. The van der Waals surface area contributed by atoms with Gasteiger partial charge in [-0.2, -0.15) is 0 Å². The molecule has 106 valence electrons. The van der Waals surface area contributed by atoms with Crippen molar-refractivity contribution in [2.24, 2.45) is 11.7 Å². The van der Waals surface area contributed by atoms with Gasteiger partial charge in [-0.25, -0.2) is 9.18 Å². The molecule has 1 aliphatic heterocycles. The lowest BCUT2D eigenvalue weighted by Crippen LogP contribution is -2.36. The van der Waals surface area contributed by atoms with Gasteiger partial charge in [0.1, 0.15) is 5.82 Å². The average molecular weight is 280 g/mol. The van der Waals surface area contributed by atoms with Crippen LogP contribution in [0.2, 0.25) is 0 Å². The number of primary amides is 1. The number of nitrogens with two attached hydrogens (primary N) is 1. The molecule has 1 aliphatic rings. The molecule has 0 aliphatic carbocycles. The molecule has 20 heavy (non-hydrogen) atoms. The molecule has 1 heterocycles. The number of hydrogen-bond acceptors (Lipinski definition) is 3. The maximum atomic E-state index is 12.9. The first-order valence-electron chi connectivity index (χ1n) is 5.97. The van der Waals surface area contributed by atoms with Gasteiger partial charge in [0.15, 0.2) is 6.04 Å². The summed E-state index contributed by atoms with van der Waals surface area (Å²) in [6, 6.07) is 3.61. The molecule has 2 unspecified atom stereocenters. The van der Waals surface area contributed by atoms with Crippen molar-refractivity contribution in [3.05, 3.63) is 35.6 Å². The summed E-state index contributed by atoms with van der Waals surface area (Å²) in [4.78, 5) is 35.4. The normalized spacial score (nSPS) is 19.9. The van der Waals surface area contributed by atoms with E-state index in [0.717, 1.165) is 17.0 Å². The zero-order valence-electron chi connectivity index (χ0n) is 10.5. The van der Waals surface area contributed by atoms with Gasteiger partial charge in [0.05, 0.1) is 5.92 Å². The van der Waals surface area contributed by atoms with E-state index in [9.17, 15) is 23.9 Å². The molecule has 0 aromatic heterocycles. The van der Waals surface area contributed by atoms with E-state index in [-0.39, 0.29) is 18.5 Å². The number of rotatable bonds is 4. The molecule has 0 radical (unpaired) electrons. The standard InChI is InChI=1S/C13H13FN2O4/c14-9-3-1-7(2-4-9)11(13(19)20)16-6-8(12(15)18)5-10(16)17/h1-4,8,11H,5-6H2,(H2,15,18)(H,19,20). The van der Waals surface area contributed by atoms with E-state index < -0.39 is 35.6 Å². The van der Waals surface area contributed by atoms with E-state index in [4.69, 9.17) is 5.73 Å². The Kier molecular flexibility index (Phi) is 3.69. The number of amides is 2. The van der Waals surface area contributed by atoms with E-state index in [1.165, 1.54) is 12.1 Å². The summed E-state index contributed by atoms with van der Waals surface area (Å²) in [7, 11) is 0. The van der Waals surface area contributed by atoms with Crippen LogP contribution < -0.4 is 5.73 Å². The van der Waals surface area contributed by atoms with Crippen LogP contribution in [-0.4, -0.2) is 34.3 Å². The molecule has 7 heteroatoms. The first kappa shape index (κ1) is 14.0. The minimum atomic E-state index is -1.24. The van der Waals surface area contributed by atoms with E-state index in [1.54, 1.807) is 0 Å². The van der Waals surface area contributed by atoms with Gasteiger partial charge in [0.2, 0.25) is 11.8 Å². The van der Waals surface area contributed by atoms with Gasteiger partial charge in [-0.05, 0) is 17.7 Å². The molecule has 1 aromatic rings. The molecule has 2 rings (SSSR count). The molecule has 0 spiro atoms. The van der Waals surface area contributed by atoms with Crippen molar-refractivity contribution in [2.75, 3.05) is 6.54 Å². The van der Waals surface area contributed by atoms with Gasteiger partial charge in [-0.15, -0.1) is 0 Å². The number of carbonyl (C=O) groups is 3. The number of carbonyl (C=O) groups excluding carboxylic acids is 2. The van der Waals surface area contributed by atoms with Gasteiger partial charge < -0.3 is 15.7 Å². The summed E-state index contributed by atoms with van der Waals surface area (Å²) < 4.78 is 12.9. The van der Waals surface area contributed by atoms with Crippen molar-refractivity contribution in [3.8, 4) is 0 Å². The number of halogens is 1. The zero-order chi connectivity index (χ0) is 14.9. The molecule has 1 fully saturated rings. The Bertz CT molecular complexity index is 558. The number of carboxylic acid groups (broad SMARTS) is 1. The van der Waals surface area contributed by atoms with E-state index in [2.05, 4.69) is 0 Å². The Hall–Kier alpha value is -2.44. The van der Waals surface area contributed by atoms with Crippen molar-refractivity contribution in [1.82, 2.24) is 4.90 Å². The van der Waals surface area contributed by atoms with Crippen molar-refractivity contribution in [1.29, 1.82) is 0 Å². The third-order valence-electron chi connectivity index (χ3n) is 3.29. The van der Waals surface area contributed by atoms with Gasteiger partial charge in [0.25, 0.3) is 0 Å². The molecule has 3 N–H and O–H groups in total. The van der Waals surface area contributed by atoms with Crippen LogP contribution >= 0.6 is 0 Å². The predicted molar refractivity (Wildman–Crippen MR) is 65.8 cm³/mol. The number of benzene rings is 1. The molecule has 1 saturated heterocycles. The fraction of sp³-hybridized carbons (Fsp3) is 0.308. The highest BCUT2D eigenvalue weighted by molar-refractivity contribution is 5.91. The highest BCUT2D eigenvalue weighted by Gasteiger charge is 2.40. The third kappa shape index (κ3) is 2.61. The monoisotopic (exact) mass is 280 g/mol. The lowest BCUT2D eigenvalue weighted by atomic mass is 10.1. The number of aliphatic carboxylic acids is 1. The fourth-order valence-corrected chi connectivity index (χ4v) is 2.27. The van der Waals surface area contributed by atoms with Crippen LogP contribution in [0, 0.1) is 11.7 Å². The number of hydrogen-bond donors (Lipinski definition) is 2. The summed E-state index contributed by atoms with van der Waals surface area (Å²) >= 11 is 0. The van der Waals surface area contributed by atoms with Crippen LogP contribution in [0.3, 0.4) is 0 Å². The molecule has 0 bridgehead atoms. The maximum Gasteiger partial charge on any atom is 0.331 e. The van der Waals surface area contributed by atoms with Crippen molar-refractivity contribution in [3.63, 3.8) is 0 Å². The van der Waals surface area contributed by atoms with Crippen LogP contribution in [0.25, 0.3) is 0 Å². The lowest BCUT2D eigenvalue weighted by Gasteiger charge is -2.24. The second-order valence-electron chi connectivity index (χ2n) is 4.64. The Morgan fingerprint density at radius 3 is 2.40 bits per heavy atom. The minimum absolute atomic E-state index is 0.0392. The molecular weight excluding hydrogens is 267 g/mol. The van der Waals surface area contributed by atoms with Crippen LogP contribution in [0.5, 0.6) is 0 Å². The summed E-state index contributed by atoms with van der Waals surface area (Å²) in [6.07, 6.45) is -0.0969. The number of nitrogens with zero attached hydrogens (tertiary/aromatic N) is 1. The Balaban J connectivity index is 2.30. The van der Waals surface area contributed by atoms with E-state index in [0.29, 0.717) is 0 Å². The largest absolute Gasteiger partial charge is 0.479 e. The molecule has 6 nitrogen and oxygen atoms in total. The van der Waals surface area contributed by atoms with Gasteiger partial charge in [-0.3, -0.25) is 9.59 Å². The number of likely N-dealkylation sites (tertiary alicyclic amines) is 1. The average Bonchev–Trinajstić information content (AvgIpc) is 2.74.